The third-order valence-corrected chi connectivity index (χ3v) is 1.96. The highest BCUT2D eigenvalue weighted by Crippen LogP contribution is 2.18. The van der Waals surface area contributed by atoms with Crippen LogP contribution in [-0.4, -0.2) is 16.1 Å². The van der Waals surface area contributed by atoms with Crippen LogP contribution in [0.5, 0.6) is 0 Å². The predicted molar refractivity (Wildman–Crippen MR) is 52.1 cm³/mol. The van der Waals surface area contributed by atoms with Crippen molar-refractivity contribution < 1.29 is 14.4 Å². The third kappa shape index (κ3) is 1.89. The van der Waals surface area contributed by atoms with Crippen LogP contribution < -0.4 is 11.2 Å². The van der Waals surface area contributed by atoms with Gasteiger partial charge in [-0.15, -0.1) is 0 Å². The molecule has 0 fully saturated rings. The minimum absolute atomic E-state index is 0.0825. The average molecular weight is 207 g/mol. The van der Waals surface area contributed by atoms with E-state index in [1.165, 1.54) is 0 Å². The Balaban J connectivity index is 2.33. The molecule has 0 aliphatic heterocycles. The van der Waals surface area contributed by atoms with Crippen molar-refractivity contribution in [3.8, 4) is 0 Å². The Kier molecular flexibility index (Phi) is 2.26. The highest BCUT2D eigenvalue weighted by atomic mass is 16.5. The molecule has 2 rings (SSSR count). The van der Waals surface area contributed by atoms with E-state index in [1.54, 1.807) is 23.7 Å². The van der Waals surface area contributed by atoms with Gasteiger partial charge < -0.3 is 10.2 Å². The highest BCUT2D eigenvalue weighted by Gasteiger charge is 2.06. The van der Waals surface area contributed by atoms with Gasteiger partial charge in [-0.2, -0.15) is 4.98 Å². The number of nitrogens with zero attached hydrogens (tertiary/aromatic N) is 1. The molecule has 4 N–H and O–H groups in total. The number of carbonyl (C=O) groups excluding carboxylic acids is 1. The number of aromatic nitrogens is 1. The van der Waals surface area contributed by atoms with E-state index in [2.05, 4.69) is 4.98 Å². The molecule has 1 aromatic carbocycles. The molecule has 0 spiro atoms. The SMILES string of the molecule is Nc1nc2cc(CC(=O)NO)ccc2o1. The first-order chi connectivity index (χ1) is 7.19. The first kappa shape index (κ1) is 9.47. The Labute approximate surface area is 84.7 Å². The molecule has 1 aromatic heterocycles. The van der Waals surface area contributed by atoms with Crippen LogP contribution in [0.25, 0.3) is 11.1 Å². The molecular formula is C9H9N3O3. The fourth-order valence-electron chi connectivity index (χ4n) is 1.33. The standard InChI is InChI=1S/C9H9N3O3/c10-9-11-6-3-5(4-8(13)12-14)1-2-7(6)15-9/h1-3,14H,4H2,(H2,10,11)(H,12,13). The van der Waals surface area contributed by atoms with Gasteiger partial charge in [0.2, 0.25) is 5.91 Å². The third-order valence-electron chi connectivity index (χ3n) is 1.96. The van der Waals surface area contributed by atoms with Crippen molar-refractivity contribution in [2.24, 2.45) is 0 Å². The summed E-state index contributed by atoms with van der Waals surface area (Å²) in [5, 5.41) is 8.36. The fourth-order valence-corrected chi connectivity index (χ4v) is 1.33. The lowest BCUT2D eigenvalue weighted by Crippen LogP contribution is -2.20. The number of hydrogen-bond donors (Lipinski definition) is 3. The van der Waals surface area contributed by atoms with Crippen LogP contribution in [0.15, 0.2) is 22.6 Å². The predicted octanol–water partition coefficient (Wildman–Crippen LogP) is 0.458. The largest absolute Gasteiger partial charge is 0.424 e. The smallest absolute Gasteiger partial charge is 0.292 e. The number of anilines is 1. The fraction of sp³-hybridized carbons (Fsp3) is 0.111. The van der Waals surface area contributed by atoms with Crippen molar-refractivity contribution in [2.45, 2.75) is 6.42 Å². The van der Waals surface area contributed by atoms with Gasteiger partial charge in [0.1, 0.15) is 5.52 Å². The van der Waals surface area contributed by atoms with Crippen LogP contribution in [0.2, 0.25) is 0 Å². The van der Waals surface area contributed by atoms with Gasteiger partial charge in [-0.25, -0.2) is 5.48 Å². The normalized spacial score (nSPS) is 10.5. The molecule has 0 radical (unpaired) electrons. The average Bonchev–Trinajstić information content (AvgIpc) is 2.57. The molecule has 1 heterocycles. The molecular weight excluding hydrogens is 198 g/mol. The molecule has 0 saturated heterocycles. The number of nitrogens with one attached hydrogen (secondary N) is 1. The summed E-state index contributed by atoms with van der Waals surface area (Å²) in [5.41, 5.74) is 8.82. The summed E-state index contributed by atoms with van der Waals surface area (Å²) >= 11 is 0. The topological polar surface area (TPSA) is 101 Å². The van der Waals surface area contributed by atoms with Gasteiger partial charge >= 0.3 is 0 Å². The van der Waals surface area contributed by atoms with Gasteiger partial charge in [0.15, 0.2) is 5.58 Å². The van der Waals surface area contributed by atoms with Crippen molar-refractivity contribution in [3.63, 3.8) is 0 Å². The molecule has 15 heavy (non-hydrogen) atoms. The maximum absolute atomic E-state index is 10.9. The number of hydrogen-bond acceptors (Lipinski definition) is 5. The molecule has 6 nitrogen and oxygen atoms in total. The van der Waals surface area contributed by atoms with Gasteiger partial charge in [-0.1, -0.05) is 6.07 Å². The highest BCUT2D eigenvalue weighted by molar-refractivity contribution is 5.80. The Morgan fingerprint density at radius 2 is 2.40 bits per heavy atom. The minimum atomic E-state index is -0.481. The zero-order valence-corrected chi connectivity index (χ0v) is 7.73. The monoisotopic (exact) mass is 207 g/mol. The number of fused-ring (bicyclic) bond motifs is 1. The lowest BCUT2D eigenvalue weighted by molar-refractivity contribution is -0.128. The Morgan fingerprint density at radius 3 is 3.13 bits per heavy atom. The summed E-state index contributed by atoms with van der Waals surface area (Å²) in [6.45, 7) is 0. The number of nitrogens with two attached hydrogens (primary N) is 1. The first-order valence-corrected chi connectivity index (χ1v) is 4.27. The molecule has 0 unspecified atom stereocenters. The maximum atomic E-state index is 10.9. The number of rotatable bonds is 2. The lowest BCUT2D eigenvalue weighted by Gasteiger charge is -1.98. The first-order valence-electron chi connectivity index (χ1n) is 4.27. The van der Waals surface area contributed by atoms with Gasteiger partial charge in [0.05, 0.1) is 6.42 Å². The number of nitrogen functional groups attached to an aromatic ring is 1. The van der Waals surface area contributed by atoms with E-state index in [0.29, 0.717) is 11.1 Å². The van der Waals surface area contributed by atoms with Crippen molar-refractivity contribution in [1.82, 2.24) is 10.5 Å². The van der Waals surface area contributed by atoms with E-state index in [9.17, 15) is 4.79 Å². The van der Waals surface area contributed by atoms with Crippen LogP contribution in [-0.2, 0) is 11.2 Å². The summed E-state index contributed by atoms with van der Waals surface area (Å²) in [7, 11) is 0. The molecule has 0 saturated carbocycles. The second-order valence-corrected chi connectivity index (χ2v) is 3.07. The Hall–Kier alpha value is -2.08. The van der Waals surface area contributed by atoms with Crippen LogP contribution in [0.4, 0.5) is 6.01 Å². The van der Waals surface area contributed by atoms with Crippen LogP contribution >= 0.6 is 0 Å². The molecule has 0 aliphatic rings. The summed E-state index contributed by atoms with van der Waals surface area (Å²) in [5.74, 6) is -0.481. The molecule has 6 heteroatoms. The van der Waals surface area contributed by atoms with Gasteiger partial charge in [-0.3, -0.25) is 10.0 Å². The molecule has 78 valence electrons. The Morgan fingerprint density at radius 1 is 1.60 bits per heavy atom. The second kappa shape index (κ2) is 3.58. The molecule has 2 aromatic rings. The van der Waals surface area contributed by atoms with Gasteiger partial charge in [0, 0.05) is 0 Å². The number of hydroxylamine groups is 1. The number of carbonyl (C=O) groups is 1. The van der Waals surface area contributed by atoms with E-state index < -0.39 is 5.91 Å². The minimum Gasteiger partial charge on any atom is -0.424 e. The lowest BCUT2D eigenvalue weighted by atomic mass is 10.1. The van der Waals surface area contributed by atoms with E-state index in [4.69, 9.17) is 15.4 Å². The van der Waals surface area contributed by atoms with Crippen LogP contribution in [0.3, 0.4) is 0 Å². The molecule has 1 amide bonds. The van der Waals surface area contributed by atoms with Crippen molar-refractivity contribution in [2.75, 3.05) is 5.73 Å². The summed E-state index contributed by atoms with van der Waals surface area (Å²) in [4.78, 5) is 14.8. The molecule has 0 aliphatic carbocycles. The zero-order chi connectivity index (χ0) is 10.8. The van der Waals surface area contributed by atoms with Crippen LogP contribution in [0.1, 0.15) is 5.56 Å². The number of benzene rings is 1. The van der Waals surface area contributed by atoms with Crippen molar-refractivity contribution >= 4 is 23.0 Å². The van der Waals surface area contributed by atoms with Crippen LogP contribution in [0, 0.1) is 0 Å². The zero-order valence-electron chi connectivity index (χ0n) is 7.73. The second-order valence-electron chi connectivity index (χ2n) is 3.07. The summed E-state index contributed by atoms with van der Waals surface area (Å²) < 4.78 is 5.07. The molecule has 0 atom stereocenters. The number of amides is 1. The van der Waals surface area contributed by atoms with Crippen molar-refractivity contribution in [1.29, 1.82) is 0 Å². The number of oxazole rings is 1. The van der Waals surface area contributed by atoms with Gasteiger partial charge in [-0.05, 0) is 17.7 Å². The maximum Gasteiger partial charge on any atom is 0.292 e. The van der Waals surface area contributed by atoms with E-state index in [-0.39, 0.29) is 12.4 Å². The van der Waals surface area contributed by atoms with E-state index in [1.807, 2.05) is 0 Å². The molecule has 0 bridgehead atoms. The summed E-state index contributed by atoms with van der Waals surface area (Å²) in [6.07, 6.45) is 0.0825. The van der Waals surface area contributed by atoms with E-state index in [0.717, 1.165) is 5.56 Å². The van der Waals surface area contributed by atoms with E-state index >= 15 is 0 Å². The quantitative estimate of drug-likeness (QED) is 0.490. The Bertz CT molecular complexity index is 506. The van der Waals surface area contributed by atoms with Gasteiger partial charge in [0.25, 0.3) is 6.01 Å². The van der Waals surface area contributed by atoms with Crippen molar-refractivity contribution in [3.05, 3.63) is 23.8 Å². The summed E-state index contributed by atoms with van der Waals surface area (Å²) in [6, 6.07) is 5.17.